The van der Waals surface area contributed by atoms with E-state index in [0.717, 1.165) is 29.5 Å². The molecule has 0 saturated carbocycles. The normalized spacial score (nSPS) is 26.5. The molecule has 2 fully saturated rings. The summed E-state index contributed by atoms with van der Waals surface area (Å²) in [4.78, 5) is 14.5. The van der Waals surface area contributed by atoms with Crippen LogP contribution in [0.4, 0.5) is 0 Å². The summed E-state index contributed by atoms with van der Waals surface area (Å²) in [5.41, 5.74) is 2.41. The minimum absolute atomic E-state index is 0.147. The van der Waals surface area contributed by atoms with Gasteiger partial charge in [0.1, 0.15) is 0 Å². The van der Waals surface area contributed by atoms with Gasteiger partial charge in [0.05, 0.1) is 17.2 Å². The van der Waals surface area contributed by atoms with Gasteiger partial charge < -0.3 is 10.2 Å². The third kappa shape index (κ3) is 3.56. The lowest BCUT2D eigenvalue weighted by Gasteiger charge is -2.48. The molecule has 4 heteroatoms. The number of nitrogens with zero attached hydrogens (tertiary/aromatic N) is 1. The average Bonchev–Trinajstić information content (AvgIpc) is 3.06. The maximum Gasteiger partial charge on any atom is 0.336 e. The second-order valence-electron chi connectivity index (χ2n) is 8.84. The summed E-state index contributed by atoms with van der Waals surface area (Å²) in [6.45, 7) is 0. The molecule has 5 rings (SSSR count). The van der Waals surface area contributed by atoms with Gasteiger partial charge in [-0.05, 0) is 48.4 Å². The van der Waals surface area contributed by atoms with E-state index in [1.165, 1.54) is 0 Å². The van der Waals surface area contributed by atoms with Crippen molar-refractivity contribution < 1.29 is 15.0 Å². The Kier molecular flexibility index (Phi) is 5.12. The topological polar surface area (TPSA) is 60.8 Å². The Morgan fingerprint density at radius 2 is 1.39 bits per heavy atom. The fourth-order valence-electron chi connectivity index (χ4n) is 5.74. The predicted octanol–water partition coefficient (Wildman–Crippen LogP) is 4.99. The van der Waals surface area contributed by atoms with Crippen molar-refractivity contribution in [3.63, 3.8) is 0 Å². The van der Waals surface area contributed by atoms with Crippen LogP contribution in [0.1, 0.15) is 58.8 Å². The van der Waals surface area contributed by atoms with Gasteiger partial charge in [-0.15, -0.1) is 0 Å². The molecule has 3 atom stereocenters. The Morgan fingerprint density at radius 3 is 2.00 bits per heavy atom. The van der Waals surface area contributed by atoms with Gasteiger partial charge in [-0.1, -0.05) is 78.9 Å². The number of rotatable bonds is 5. The van der Waals surface area contributed by atoms with Crippen LogP contribution in [0.15, 0.2) is 84.9 Å². The van der Waals surface area contributed by atoms with Crippen molar-refractivity contribution in [1.29, 1.82) is 0 Å². The first-order valence-electron chi connectivity index (χ1n) is 11.0. The van der Waals surface area contributed by atoms with E-state index in [0.29, 0.717) is 18.4 Å². The fraction of sp³-hybridized carbons (Fsp3) is 0.296. The largest absolute Gasteiger partial charge is 0.478 e. The van der Waals surface area contributed by atoms with Crippen molar-refractivity contribution in [2.75, 3.05) is 0 Å². The Morgan fingerprint density at radius 1 is 0.839 bits per heavy atom. The number of aliphatic hydroxyl groups is 1. The van der Waals surface area contributed by atoms with E-state index in [9.17, 15) is 15.0 Å². The lowest BCUT2D eigenvalue weighted by atomic mass is 9.78. The van der Waals surface area contributed by atoms with Crippen LogP contribution in [0.25, 0.3) is 0 Å². The van der Waals surface area contributed by atoms with E-state index in [1.807, 2.05) is 60.7 Å². The number of hydrogen-bond acceptors (Lipinski definition) is 3. The zero-order valence-corrected chi connectivity index (χ0v) is 17.4. The molecule has 0 amide bonds. The first kappa shape index (κ1) is 20.0. The lowest BCUT2D eigenvalue weighted by Crippen LogP contribution is -2.51. The molecule has 0 aromatic heterocycles. The van der Waals surface area contributed by atoms with Crippen molar-refractivity contribution in [3.05, 3.63) is 107 Å². The van der Waals surface area contributed by atoms with E-state index in [2.05, 4.69) is 17.0 Å². The second-order valence-corrected chi connectivity index (χ2v) is 8.84. The number of carbonyl (C=O) groups is 1. The Bertz CT molecular complexity index is 1050. The smallest absolute Gasteiger partial charge is 0.336 e. The summed E-state index contributed by atoms with van der Waals surface area (Å²) in [5, 5.41) is 21.5. The van der Waals surface area contributed by atoms with Crippen molar-refractivity contribution in [1.82, 2.24) is 4.90 Å². The summed E-state index contributed by atoms with van der Waals surface area (Å²) in [6.07, 6.45) is 3.34. The highest BCUT2D eigenvalue weighted by Gasteiger charge is 2.51. The van der Waals surface area contributed by atoms with Gasteiger partial charge in [0, 0.05) is 12.1 Å². The molecule has 4 nitrogen and oxygen atoms in total. The van der Waals surface area contributed by atoms with E-state index in [-0.39, 0.29) is 18.1 Å². The predicted molar refractivity (Wildman–Crippen MR) is 120 cm³/mol. The van der Waals surface area contributed by atoms with Gasteiger partial charge in [0.2, 0.25) is 0 Å². The molecular weight excluding hydrogens is 386 g/mol. The van der Waals surface area contributed by atoms with Crippen LogP contribution in [0, 0.1) is 0 Å². The highest BCUT2D eigenvalue weighted by molar-refractivity contribution is 5.89. The van der Waals surface area contributed by atoms with Gasteiger partial charge in [0.25, 0.3) is 0 Å². The Labute approximate surface area is 182 Å². The molecule has 158 valence electrons. The van der Waals surface area contributed by atoms with Gasteiger partial charge in [-0.25, -0.2) is 4.79 Å². The monoisotopic (exact) mass is 413 g/mol. The first-order valence-corrected chi connectivity index (χ1v) is 11.0. The number of hydrogen-bond donors (Lipinski definition) is 2. The second kappa shape index (κ2) is 7.95. The number of benzene rings is 3. The number of fused-ring (bicyclic) bond motifs is 2. The summed E-state index contributed by atoms with van der Waals surface area (Å²) in [7, 11) is 0. The van der Waals surface area contributed by atoms with E-state index < -0.39 is 11.6 Å². The SMILES string of the molecule is O=C(O)c1ccccc1C(c1ccccc1)N1C2CCC1CC(O)(c1ccccc1)C2. The minimum atomic E-state index is -0.901. The standard InChI is InChI=1S/C27H27NO3/c29-26(30)24-14-8-7-13-23(24)25(19-9-3-1-4-10-19)28-21-15-16-22(28)18-27(31,17-21)20-11-5-2-6-12-20/h1-14,21-22,25,31H,15-18H2,(H,29,30). The van der Waals surface area contributed by atoms with Crippen LogP contribution < -0.4 is 0 Å². The molecule has 2 bridgehead atoms. The van der Waals surface area contributed by atoms with Crippen molar-refractivity contribution in [2.45, 2.75) is 49.4 Å². The van der Waals surface area contributed by atoms with Crippen LogP contribution in [-0.2, 0) is 5.60 Å². The number of piperidine rings is 1. The molecular formula is C27H27NO3. The van der Waals surface area contributed by atoms with Crippen molar-refractivity contribution in [2.24, 2.45) is 0 Å². The third-order valence-corrected chi connectivity index (χ3v) is 7.03. The Hall–Kier alpha value is -2.95. The molecule has 0 radical (unpaired) electrons. The molecule has 0 spiro atoms. The summed E-state index contributed by atoms with van der Waals surface area (Å²) >= 11 is 0. The van der Waals surface area contributed by atoms with E-state index in [1.54, 1.807) is 12.1 Å². The van der Waals surface area contributed by atoms with Gasteiger partial charge in [-0.3, -0.25) is 4.90 Å². The maximum absolute atomic E-state index is 12.0. The number of carboxylic acid groups (broad SMARTS) is 1. The summed E-state index contributed by atoms with van der Waals surface area (Å²) < 4.78 is 0. The highest BCUT2D eigenvalue weighted by atomic mass is 16.4. The average molecular weight is 414 g/mol. The molecule has 3 unspecified atom stereocenters. The van der Waals surface area contributed by atoms with Crippen LogP contribution >= 0.6 is 0 Å². The molecule has 0 aliphatic carbocycles. The van der Waals surface area contributed by atoms with Crippen LogP contribution in [0.2, 0.25) is 0 Å². The zero-order chi connectivity index (χ0) is 21.4. The summed E-state index contributed by atoms with van der Waals surface area (Å²) in [6, 6.07) is 27.7. The first-order chi connectivity index (χ1) is 15.1. The fourth-order valence-corrected chi connectivity index (χ4v) is 5.74. The van der Waals surface area contributed by atoms with E-state index in [4.69, 9.17) is 0 Å². The molecule has 2 heterocycles. The van der Waals surface area contributed by atoms with Gasteiger partial charge in [-0.2, -0.15) is 0 Å². The van der Waals surface area contributed by atoms with E-state index >= 15 is 0 Å². The van der Waals surface area contributed by atoms with Crippen LogP contribution in [0.5, 0.6) is 0 Å². The minimum Gasteiger partial charge on any atom is -0.478 e. The van der Waals surface area contributed by atoms with Gasteiger partial charge >= 0.3 is 5.97 Å². The highest BCUT2D eigenvalue weighted by Crippen LogP contribution is 2.50. The Balaban J connectivity index is 1.57. The molecule has 2 N–H and O–H groups in total. The summed E-state index contributed by atoms with van der Waals surface area (Å²) in [5.74, 6) is -0.901. The third-order valence-electron chi connectivity index (χ3n) is 7.03. The lowest BCUT2D eigenvalue weighted by molar-refractivity contribution is -0.0658. The quantitative estimate of drug-likeness (QED) is 0.619. The molecule has 3 aromatic rings. The van der Waals surface area contributed by atoms with Crippen molar-refractivity contribution in [3.8, 4) is 0 Å². The van der Waals surface area contributed by atoms with Gasteiger partial charge in [0.15, 0.2) is 0 Å². The zero-order valence-electron chi connectivity index (χ0n) is 17.4. The van der Waals surface area contributed by atoms with Crippen LogP contribution in [0.3, 0.4) is 0 Å². The molecule has 2 aliphatic rings. The molecule has 3 aromatic carbocycles. The maximum atomic E-state index is 12.0. The molecule has 2 saturated heterocycles. The van der Waals surface area contributed by atoms with Crippen LogP contribution in [-0.4, -0.2) is 33.2 Å². The van der Waals surface area contributed by atoms with Crippen molar-refractivity contribution >= 4 is 5.97 Å². The number of carboxylic acids is 1. The molecule has 2 aliphatic heterocycles. The number of aromatic carboxylic acids is 1. The molecule has 31 heavy (non-hydrogen) atoms.